The average Bonchev–Trinajstić information content (AvgIpc) is 2.78. The minimum absolute atomic E-state index is 0.263. The first-order valence-electron chi connectivity index (χ1n) is 7.59. The summed E-state index contributed by atoms with van der Waals surface area (Å²) in [6.45, 7) is 0. The van der Waals surface area contributed by atoms with Crippen molar-refractivity contribution < 1.29 is 14.0 Å². The van der Waals surface area contributed by atoms with E-state index in [1.54, 1.807) is 24.3 Å². The third kappa shape index (κ3) is 3.14. The van der Waals surface area contributed by atoms with Crippen molar-refractivity contribution in [2.45, 2.75) is 9.79 Å². The first kappa shape index (κ1) is 16.2. The second kappa shape index (κ2) is 6.57. The molecule has 1 aliphatic heterocycles. The van der Waals surface area contributed by atoms with Gasteiger partial charge in [-0.15, -0.1) is 0 Å². The van der Waals surface area contributed by atoms with Gasteiger partial charge in [0.05, 0.1) is 29.3 Å². The van der Waals surface area contributed by atoms with Crippen molar-refractivity contribution in [3.05, 3.63) is 72.1 Å². The van der Waals surface area contributed by atoms with Crippen LogP contribution >= 0.6 is 11.8 Å². The van der Waals surface area contributed by atoms with E-state index >= 15 is 0 Å². The summed E-state index contributed by atoms with van der Waals surface area (Å²) < 4.78 is 13.5. The van der Waals surface area contributed by atoms with Crippen LogP contribution in [0.5, 0.6) is 0 Å². The normalized spacial score (nSPS) is 12.4. The summed E-state index contributed by atoms with van der Waals surface area (Å²) in [5.74, 6) is -1.25. The Balaban J connectivity index is 1.64. The van der Waals surface area contributed by atoms with Crippen LogP contribution in [0, 0.1) is 5.82 Å². The van der Waals surface area contributed by atoms with Crippen molar-refractivity contribution in [3.63, 3.8) is 0 Å². The molecule has 0 bridgehead atoms. The molecule has 0 fully saturated rings. The van der Waals surface area contributed by atoms with E-state index in [1.807, 2.05) is 0 Å². The molecule has 2 aromatic carbocycles. The van der Waals surface area contributed by atoms with Crippen LogP contribution in [-0.2, 0) is 0 Å². The highest BCUT2D eigenvalue weighted by Crippen LogP contribution is 2.39. The molecule has 8 heteroatoms. The van der Waals surface area contributed by atoms with Gasteiger partial charge in [-0.2, -0.15) is 0 Å². The van der Waals surface area contributed by atoms with Crippen molar-refractivity contribution in [1.29, 1.82) is 0 Å². The Morgan fingerprint density at radius 1 is 1.08 bits per heavy atom. The second-order valence-electron chi connectivity index (χ2n) is 5.49. The standard InChI is InChI=1S/C18H11FN4O2S/c19-11-2-4-15-13(6-11)18(25)23-14-5-10(1-3-16(14)26-15)17(24)22-12-7-20-9-21-8-12/h1-9H,(H,22,24)(H,23,25). The van der Waals surface area contributed by atoms with Gasteiger partial charge in [-0.25, -0.2) is 14.4 Å². The van der Waals surface area contributed by atoms with Crippen LogP contribution in [0.15, 0.2) is 64.9 Å². The quantitative estimate of drug-likeness (QED) is 0.724. The number of amides is 2. The Hall–Kier alpha value is -3.26. The lowest BCUT2D eigenvalue weighted by atomic mass is 10.1. The molecule has 0 saturated carbocycles. The third-order valence-electron chi connectivity index (χ3n) is 3.71. The summed E-state index contributed by atoms with van der Waals surface area (Å²) in [7, 11) is 0. The molecule has 6 nitrogen and oxygen atoms in total. The van der Waals surface area contributed by atoms with Gasteiger partial charge in [-0.05, 0) is 36.4 Å². The SMILES string of the molecule is O=C(Nc1cncnc1)c1ccc2c(c1)NC(=O)c1cc(F)ccc1S2. The summed E-state index contributed by atoms with van der Waals surface area (Å²) in [5, 5.41) is 5.42. The number of halogens is 1. The lowest BCUT2D eigenvalue weighted by Gasteiger charge is -2.09. The number of aromatic nitrogens is 2. The Labute approximate surface area is 151 Å². The molecule has 0 saturated heterocycles. The van der Waals surface area contributed by atoms with E-state index in [2.05, 4.69) is 20.6 Å². The lowest BCUT2D eigenvalue weighted by molar-refractivity contribution is 0.101. The Bertz CT molecular complexity index is 1030. The average molecular weight is 366 g/mol. The van der Waals surface area contributed by atoms with E-state index < -0.39 is 11.7 Å². The third-order valence-corrected chi connectivity index (χ3v) is 4.87. The zero-order valence-electron chi connectivity index (χ0n) is 13.2. The van der Waals surface area contributed by atoms with Crippen LogP contribution in [0.4, 0.5) is 15.8 Å². The number of carbonyl (C=O) groups is 2. The van der Waals surface area contributed by atoms with Crippen LogP contribution < -0.4 is 10.6 Å². The molecule has 2 N–H and O–H groups in total. The molecule has 1 aromatic heterocycles. The first-order chi connectivity index (χ1) is 12.6. The largest absolute Gasteiger partial charge is 0.321 e. The van der Waals surface area contributed by atoms with Crippen LogP contribution in [0.2, 0.25) is 0 Å². The van der Waals surface area contributed by atoms with E-state index in [0.29, 0.717) is 21.8 Å². The number of carbonyl (C=O) groups excluding carboxylic acids is 2. The topological polar surface area (TPSA) is 84.0 Å². The van der Waals surface area contributed by atoms with Crippen molar-refractivity contribution in [1.82, 2.24) is 9.97 Å². The molecule has 0 aliphatic carbocycles. The smallest absolute Gasteiger partial charge is 0.256 e. The van der Waals surface area contributed by atoms with Crippen molar-refractivity contribution >= 4 is 35.0 Å². The first-order valence-corrected chi connectivity index (χ1v) is 8.41. The molecule has 3 aromatic rings. The van der Waals surface area contributed by atoms with Gasteiger partial charge in [-0.3, -0.25) is 9.59 Å². The molecule has 128 valence electrons. The number of rotatable bonds is 2. The fourth-order valence-electron chi connectivity index (χ4n) is 2.50. The van der Waals surface area contributed by atoms with Gasteiger partial charge in [0, 0.05) is 15.4 Å². The summed E-state index contributed by atoms with van der Waals surface area (Å²) in [5.41, 5.74) is 1.59. The number of hydrogen-bond acceptors (Lipinski definition) is 5. The van der Waals surface area contributed by atoms with Crippen molar-refractivity contribution in [3.8, 4) is 0 Å². The van der Waals surface area contributed by atoms with E-state index in [-0.39, 0.29) is 11.5 Å². The molecular weight excluding hydrogens is 355 g/mol. The van der Waals surface area contributed by atoms with E-state index in [9.17, 15) is 14.0 Å². The minimum Gasteiger partial charge on any atom is -0.321 e. The summed E-state index contributed by atoms with van der Waals surface area (Å²) >= 11 is 1.34. The van der Waals surface area contributed by atoms with Crippen LogP contribution in [0.1, 0.15) is 20.7 Å². The number of benzene rings is 2. The molecule has 0 unspecified atom stereocenters. The summed E-state index contributed by atoms with van der Waals surface area (Å²) in [6, 6.07) is 9.07. The number of nitrogens with one attached hydrogen (secondary N) is 2. The van der Waals surface area contributed by atoms with E-state index in [4.69, 9.17) is 0 Å². The molecule has 1 aliphatic rings. The maximum absolute atomic E-state index is 13.5. The van der Waals surface area contributed by atoms with Crippen LogP contribution in [0.3, 0.4) is 0 Å². The van der Waals surface area contributed by atoms with Gasteiger partial charge in [0.25, 0.3) is 11.8 Å². The fourth-order valence-corrected chi connectivity index (χ4v) is 3.49. The Morgan fingerprint density at radius 3 is 2.65 bits per heavy atom. The number of fused-ring (bicyclic) bond motifs is 2. The predicted molar refractivity (Wildman–Crippen MR) is 94.9 cm³/mol. The molecule has 26 heavy (non-hydrogen) atoms. The van der Waals surface area contributed by atoms with Gasteiger partial charge in [0.2, 0.25) is 0 Å². The molecule has 0 atom stereocenters. The zero-order chi connectivity index (χ0) is 18.1. The van der Waals surface area contributed by atoms with Gasteiger partial charge in [-0.1, -0.05) is 11.8 Å². The molecule has 0 spiro atoms. The maximum Gasteiger partial charge on any atom is 0.256 e. The zero-order valence-corrected chi connectivity index (χ0v) is 14.0. The molecule has 2 heterocycles. The van der Waals surface area contributed by atoms with Crippen molar-refractivity contribution in [2.75, 3.05) is 10.6 Å². The van der Waals surface area contributed by atoms with Gasteiger partial charge in [0.1, 0.15) is 12.1 Å². The summed E-state index contributed by atoms with van der Waals surface area (Å²) in [6.07, 6.45) is 4.33. The predicted octanol–water partition coefficient (Wildman–Crippen LogP) is 3.58. The van der Waals surface area contributed by atoms with Crippen LogP contribution in [-0.4, -0.2) is 21.8 Å². The number of nitrogens with zero attached hydrogens (tertiary/aromatic N) is 2. The Kier molecular flexibility index (Phi) is 4.10. The molecular formula is C18H11FN4O2S. The highest BCUT2D eigenvalue weighted by Gasteiger charge is 2.21. The highest BCUT2D eigenvalue weighted by molar-refractivity contribution is 7.99. The monoisotopic (exact) mass is 366 g/mol. The number of hydrogen-bond donors (Lipinski definition) is 2. The maximum atomic E-state index is 13.5. The van der Waals surface area contributed by atoms with Crippen molar-refractivity contribution in [2.24, 2.45) is 0 Å². The minimum atomic E-state index is -0.476. The lowest BCUT2D eigenvalue weighted by Crippen LogP contribution is -2.15. The second-order valence-corrected chi connectivity index (χ2v) is 6.57. The van der Waals surface area contributed by atoms with Gasteiger partial charge in [0.15, 0.2) is 0 Å². The van der Waals surface area contributed by atoms with E-state index in [1.165, 1.54) is 42.6 Å². The molecule has 2 amide bonds. The molecule has 0 radical (unpaired) electrons. The molecule has 4 rings (SSSR count). The van der Waals surface area contributed by atoms with E-state index in [0.717, 1.165) is 4.90 Å². The fraction of sp³-hybridized carbons (Fsp3) is 0. The highest BCUT2D eigenvalue weighted by atomic mass is 32.2. The number of anilines is 2. The summed E-state index contributed by atoms with van der Waals surface area (Å²) in [4.78, 5) is 33.9. The van der Waals surface area contributed by atoms with Crippen LogP contribution in [0.25, 0.3) is 0 Å². The van der Waals surface area contributed by atoms with Gasteiger partial charge < -0.3 is 10.6 Å². The van der Waals surface area contributed by atoms with Gasteiger partial charge >= 0.3 is 0 Å². The Morgan fingerprint density at radius 2 is 1.85 bits per heavy atom.